The Bertz CT molecular complexity index is 1120. The number of nitrogens with two attached hydrogens (primary N) is 1. The summed E-state index contributed by atoms with van der Waals surface area (Å²) in [6.45, 7) is 1.56. The number of fused-ring (bicyclic) bond motifs is 3. The number of aromatic hydroxyl groups is 1. The van der Waals surface area contributed by atoms with Crippen molar-refractivity contribution in [2.45, 2.75) is 19.8 Å². The lowest BCUT2D eigenvalue weighted by Crippen LogP contribution is -2.49. The lowest BCUT2D eigenvalue weighted by molar-refractivity contribution is -0.385. The maximum atomic E-state index is 13.3. The number of nitrogens with zero attached hydrogens (tertiary/aromatic N) is 1. The van der Waals surface area contributed by atoms with Crippen LogP contribution in [-0.4, -0.2) is 37.7 Å². The van der Waals surface area contributed by atoms with E-state index in [1.807, 2.05) is 0 Å². The Balaban J connectivity index is 1.90. The van der Waals surface area contributed by atoms with Crippen LogP contribution in [0, 0.1) is 33.8 Å². The normalized spacial score (nSPS) is 28.0. The molecule has 3 unspecified atom stereocenters. The maximum Gasteiger partial charge on any atom is 0.273 e. The van der Waals surface area contributed by atoms with Crippen LogP contribution in [0.2, 0.25) is 0 Å². The first-order chi connectivity index (χ1) is 14.1. The van der Waals surface area contributed by atoms with Crippen LogP contribution >= 0.6 is 0 Å². The molecule has 0 aromatic heterocycles. The van der Waals surface area contributed by atoms with Gasteiger partial charge in [-0.15, -0.1) is 0 Å². The highest BCUT2D eigenvalue weighted by Crippen LogP contribution is 2.52. The lowest BCUT2D eigenvalue weighted by atomic mass is 9.58. The van der Waals surface area contributed by atoms with Gasteiger partial charge in [0.05, 0.1) is 16.4 Å². The highest BCUT2D eigenvalue weighted by atomic mass is 16.6. The van der Waals surface area contributed by atoms with Gasteiger partial charge in [-0.3, -0.25) is 24.5 Å². The number of hydrogen-bond donors (Lipinski definition) is 4. The number of primary amides is 1. The summed E-state index contributed by atoms with van der Waals surface area (Å²) >= 11 is 0. The standard InChI is InChI=1S/C20H18N2O8/c1-6-8-4-7-5-9-10(22(29)30)2-3-11(23)13(9)17(25)12(7)18(26)14(8)19(27)15(16(6)24)20(21)28/h2-3,6-8,14,23-25H,4-5H2,1H3,(H2,21,28)/t6-,7?,8?,14?/m0/s1. The molecule has 30 heavy (non-hydrogen) atoms. The topological polar surface area (TPSA) is 181 Å². The second kappa shape index (κ2) is 6.41. The van der Waals surface area contributed by atoms with Crippen LogP contribution in [0.3, 0.4) is 0 Å². The summed E-state index contributed by atoms with van der Waals surface area (Å²) in [4.78, 5) is 48.5. The molecule has 0 spiro atoms. The van der Waals surface area contributed by atoms with E-state index in [0.29, 0.717) is 0 Å². The largest absolute Gasteiger partial charge is 0.511 e. The molecule has 4 rings (SSSR count). The minimum atomic E-state index is -1.31. The molecule has 1 saturated carbocycles. The number of carbonyl (C=O) groups is 3. The van der Waals surface area contributed by atoms with Crippen molar-refractivity contribution in [3.05, 3.63) is 50.3 Å². The number of rotatable bonds is 2. The molecule has 1 aromatic rings. The lowest BCUT2D eigenvalue weighted by Gasteiger charge is -2.43. The zero-order valence-corrected chi connectivity index (χ0v) is 15.8. The fraction of sp³-hybridized carbons (Fsp3) is 0.350. The summed E-state index contributed by atoms with van der Waals surface area (Å²) in [5.41, 5.74) is 4.09. The van der Waals surface area contributed by atoms with Crippen molar-refractivity contribution in [3.8, 4) is 5.75 Å². The zero-order valence-electron chi connectivity index (χ0n) is 15.8. The summed E-state index contributed by atoms with van der Waals surface area (Å²) in [6.07, 6.45) is 0.174. The smallest absolute Gasteiger partial charge is 0.273 e. The highest BCUT2D eigenvalue weighted by Gasteiger charge is 2.54. The van der Waals surface area contributed by atoms with Crippen molar-refractivity contribution in [2.75, 3.05) is 0 Å². The van der Waals surface area contributed by atoms with Crippen LogP contribution in [-0.2, 0) is 20.8 Å². The minimum Gasteiger partial charge on any atom is -0.511 e. The molecule has 4 atom stereocenters. The SMILES string of the molecule is C[C@@H]1C(O)=C(C(N)=O)C(=O)C2C(=O)C3=C(O)c4c(O)ccc([N+](=O)[O-])c4CC3CC21. The number of Topliss-reactive ketones (excluding diaryl/α,β-unsaturated/α-hetero) is 2. The van der Waals surface area contributed by atoms with E-state index in [1.54, 1.807) is 6.92 Å². The molecule has 10 heteroatoms. The van der Waals surface area contributed by atoms with Crippen molar-refractivity contribution in [2.24, 2.45) is 29.4 Å². The summed E-state index contributed by atoms with van der Waals surface area (Å²) < 4.78 is 0. The van der Waals surface area contributed by atoms with E-state index in [1.165, 1.54) is 0 Å². The first-order valence-corrected chi connectivity index (χ1v) is 9.30. The van der Waals surface area contributed by atoms with Crippen molar-refractivity contribution < 1.29 is 34.6 Å². The van der Waals surface area contributed by atoms with Gasteiger partial charge in [-0.05, 0) is 30.7 Å². The van der Waals surface area contributed by atoms with Gasteiger partial charge in [0, 0.05) is 23.1 Å². The molecule has 3 aliphatic carbocycles. The number of phenols is 1. The van der Waals surface area contributed by atoms with Gasteiger partial charge in [-0.1, -0.05) is 6.92 Å². The zero-order chi connectivity index (χ0) is 22.1. The van der Waals surface area contributed by atoms with Gasteiger partial charge in [-0.25, -0.2) is 0 Å². The Morgan fingerprint density at radius 3 is 2.47 bits per heavy atom. The second-order valence-electron chi connectivity index (χ2n) is 7.90. The summed E-state index contributed by atoms with van der Waals surface area (Å²) in [7, 11) is 0. The Hall–Kier alpha value is -3.69. The number of hydrogen-bond acceptors (Lipinski definition) is 8. The molecular weight excluding hydrogens is 396 g/mol. The molecule has 3 aliphatic rings. The molecule has 1 fully saturated rings. The molecule has 0 saturated heterocycles. The van der Waals surface area contributed by atoms with Gasteiger partial charge in [0.2, 0.25) is 0 Å². The van der Waals surface area contributed by atoms with Crippen LogP contribution in [0.25, 0.3) is 5.76 Å². The second-order valence-corrected chi connectivity index (χ2v) is 7.90. The van der Waals surface area contributed by atoms with Crippen molar-refractivity contribution in [1.29, 1.82) is 0 Å². The van der Waals surface area contributed by atoms with Crippen molar-refractivity contribution >= 4 is 28.9 Å². The van der Waals surface area contributed by atoms with Crippen molar-refractivity contribution in [1.82, 2.24) is 0 Å². The third kappa shape index (κ3) is 2.46. The Labute approximate surface area is 169 Å². The molecule has 0 aliphatic heterocycles. The molecule has 0 radical (unpaired) electrons. The summed E-state index contributed by atoms with van der Waals surface area (Å²) in [6, 6.07) is 2.18. The Kier molecular flexibility index (Phi) is 4.19. The average molecular weight is 414 g/mol. The number of carbonyl (C=O) groups excluding carboxylic acids is 3. The number of ketones is 2. The third-order valence-corrected chi connectivity index (χ3v) is 6.45. The third-order valence-electron chi connectivity index (χ3n) is 6.45. The quantitative estimate of drug-likeness (QED) is 0.243. The fourth-order valence-corrected chi connectivity index (χ4v) is 5.05. The maximum absolute atomic E-state index is 13.3. The number of nitro benzene ring substituents is 1. The monoisotopic (exact) mass is 414 g/mol. The number of amides is 1. The van der Waals surface area contributed by atoms with Gasteiger partial charge in [0.1, 0.15) is 22.8 Å². The summed E-state index contributed by atoms with van der Waals surface area (Å²) in [5.74, 6) is -7.61. The molecule has 10 nitrogen and oxygen atoms in total. The first kappa shape index (κ1) is 19.6. The van der Waals surface area contributed by atoms with E-state index in [0.717, 1.165) is 12.1 Å². The number of allylic oxidation sites excluding steroid dienone is 2. The number of aliphatic hydroxyl groups excluding tert-OH is 2. The van der Waals surface area contributed by atoms with Gasteiger partial charge in [0.15, 0.2) is 11.6 Å². The molecule has 156 valence electrons. The van der Waals surface area contributed by atoms with Gasteiger partial charge in [0.25, 0.3) is 11.6 Å². The van der Waals surface area contributed by atoms with Gasteiger partial charge in [-0.2, -0.15) is 0 Å². The predicted molar refractivity (Wildman–Crippen MR) is 101 cm³/mol. The van der Waals surface area contributed by atoms with Gasteiger partial charge >= 0.3 is 0 Å². The van der Waals surface area contributed by atoms with Gasteiger partial charge < -0.3 is 21.1 Å². The van der Waals surface area contributed by atoms with E-state index in [-0.39, 0.29) is 35.2 Å². The van der Waals surface area contributed by atoms with Crippen LogP contribution in [0.1, 0.15) is 24.5 Å². The van der Waals surface area contributed by atoms with E-state index in [9.17, 15) is 39.8 Å². The molecule has 0 bridgehead atoms. The van der Waals surface area contributed by atoms with E-state index in [2.05, 4.69) is 0 Å². The fourth-order valence-electron chi connectivity index (χ4n) is 5.05. The molecule has 1 amide bonds. The molecule has 5 N–H and O–H groups in total. The predicted octanol–water partition coefficient (Wildman–Crippen LogP) is 1.46. The van der Waals surface area contributed by atoms with Crippen LogP contribution in [0.15, 0.2) is 29.0 Å². The van der Waals surface area contributed by atoms with Crippen LogP contribution < -0.4 is 5.73 Å². The highest BCUT2D eigenvalue weighted by molar-refractivity contribution is 6.28. The Morgan fingerprint density at radius 2 is 1.87 bits per heavy atom. The molecule has 1 aromatic carbocycles. The summed E-state index contributed by atoms with van der Waals surface area (Å²) in [5, 5.41) is 42.7. The number of phenolic OH excluding ortho intramolecular Hbond substituents is 1. The molecule has 0 heterocycles. The Morgan fingerprint density at radius 1 is 1.20 bits per heavy atom. The average Bonchev–Trinajstić information content (AvgIpc) is 2.65. The number of aliphatic hydroxyl groups is 2. The molecular formula is C20H18N2O8. The number of benzene rings is 1. The number of nitro groups is 1. The first-order valence-electron chi connectivity index (χ1n) is 9.30. The van der Waals surface area contributed by atoms with Crippen LogP contribution in [0.5, 0.6) is 5.75 Å². The van der Waals surface area contributed by atoms with E-state index >= 15 is 0 Å². The minimum absolute atomic E-state index is 0.00244. The van der Waals surface area contributed by atoms with Crippen LogP contribution in [0.4, 0.5) is 5.69 Å². The van der Waals surface area contributed by atoms with E-state index in [4.69, 9.17) is 5.73 Å². The van der Waals surface area contributed by atoms with E-state index < -0.39 is 68.9 Å². The van der Waals surface area contributed by atoms with Crippen molar-refractivity contribution in [3.63, 3.8) is 0 Å².